The van der Waals surface area contributed by atoms with Crippen molar-refractivity contribution in [1.29, 1.82) is 5.26 Å². The first kappa shape index (κ1) is 19.0. The van der Waals surface area contributed by atoms with Gasteiger partial charge in [-0.1, -0.05) is 6.42 Å². The lowest BCUT2D eigenvalue weighted by molar-refractivity contribution is 0.135. The molecule has 1 atom stereocenters. The third-order valence-corrected chi connectivity index (χ3v) is 5.10. The number of nitriles is 1. The molecule has 3 aromatic rings. The second-order valence-electron chi connectivity index (χ2n) is 7.36. The fourth-order valence-corrected chi connectivity index (χ4v) is 3.78. The molecular formula is C21H24N8. The molecule has 0 radical (unpaired) electrons. The summed E-state index contributed by atoms with van der Waals surface area (Å²) in [6.07, 6.45) is 7.08. The summed E-state index contributed by atoms with van der Waals surface area (Å²) in [5, 5.41) is 16.7. The molecule has 0 amide bonds. The number of nitrogens with zero attached hydrogens (tertiary/aromatic N) is 7. The molecule has 0 saturated carbocycles. The van der Waals surface area contributed by atoms with Crippen LogP contribution in [0.25, 0.3) is 0 Å². The van der Waals surface area contributed by atoms with Crippen molar-refractivity contribution in [1.82, 2.24) is 29.6 Å². The van der Waals surface area contributed by atoms with E-state index in [-0.39, 0.29) is 6.04 Å². The zero-order valence-corrected chi connectivity index (χ0v) is 16.7. The minimum atomic E-state index is 0.243. The monoisotopic (exact) mass is 388 g/mol. The van der Waals surface area contributed by atoms with E-state index < -0.39 is 0 Å². The van der Waals surface area contributed by atoms with Crippen LogP contribution in [0, 0.1) is 18.3 Å². The van der Waals surface area contributed by atoms with E-state index in [1.165, 1.54) is 12.8 Å². The Hall–Kier alpha value is -3.31. The van der Waals surface area contributed by atoms with Gasteiger partial charge in [-0.2, -0.15) is 10.4 Å². The second-order valence-corrected chi connectivity index (χ2v) is 7.36. The highest BCUT2D eigenvalue weighted by atomic mass is 15.3. The van der Waals surface area contributed by atoms with Gasteiger partial charge in [0.2, 0.25) is 0 Å². The largest absolute Gasteiger partial charge is 0.339 e. The van der Waals surface area contributed by atoms with Crippen molar-refractivity contribution in [2.45, 2.75) is 38.8 Å². The summed E-state index contributed by atoms with van der Waals surface area (Å²) in [6.45, 7) is 3.76. The number of aryl methyl sites for hydroxylation is 2. The van der Waals surface area contributed by atoms with Crippen molar-refractivity contribution < 1.29 is 0 Å². The van der Waals surface area contributed by atoms with Crippen LogP contribution in [0.4, 0.5) is 11.5 Å². The van der Waals surface area contributed by atoms with Crippen LogP contribution in [0.1, 0.15) is 48.2 Å². The average Bonchev–Trinajstić information content (AvgIpc) is 3.13. The lowest BCUT2D eigenvalue weighted by atomic mass is 9.98. The standard InChI is InChI=1S/C21H24N8/c1-15-24-19(11-21(25-15)26-17-7-6-16(12-22)23-13-17)20-5-3-4-9-29(20)14-18-8-10-28(2)27-18/h6-8,10-11,13,20H,3-5,9,14H2,1-2H3,(H,24,25,26)/t20-/m1/s1. The van der Waals surface area contributed by atoms with Crippen LogP contribution in [-0.4, -0.2) is 36.2 Å². The van der Waals surface area contributed by atoms with Gasteiger partial charge in [-0.15, -0.1) is 0 Å². The number of hydrogen-bond donors (Lipinski definition) is 1. The summed E-state index contributed by atoms with van der Waals surface area (Å²) in [6, 6.07) is 9.88. The summed E-state index contributed by atoms with van der Waals surface area (Å²) in [5.41, 5.74) is 3.29. The molecule has 0 aromatic carbocycles. The van der Waals surface area contributed by atoms with Crippen molar-refractivity contribution in [3.05, 3.63) is 59.6 Å². The molecule has 0 unspecified atom stereocenters. The van der Waals surface area contributed by atoms with E-state index >= 15 is 0 Å². The SMILES string of the molecule is Cc1nc(Nc2ccc(C#N)nc2)cc([C@H]2CCCCN2Cc2ccn(C)n2)n1. The van der Waals surface area contributed by atoms with Gasteiger partial charge in [0.1, 0.15) is 23.4 Å². The maximum absolute atomic E-state index is 8.90. The van der Waals surface area contributed by atoms with Gasteiger partial charge < -0.3 is 5.32 Å². The summed E-state index contributed by atoms with van der Waals surface area (Å²) >= 11 is 0. The number of rotatable bonds is 5. The van der Waals surface area contributed by atoms with Crippen molar-refractivity contribution in [2.24, 2.45) is 7.05 Å². The van der Waals surface area contributed by atoms with Gasteiger partial charge in [0, 0.05) is 25.9 Å². The fraction of sp³-hybridized carbons (Fsp3) is 0.381. The van der Waals surface area contributed by atoms with Crippen LogP contribution in [0.2, 0.25) is 0 Å². The first-order valence-corrected chi connectivity index (χ1v) is 9.82. The van der Waals surface area contributed by atoms with E-state index in [1.807, 2.05) is 43.1 Å². The third kappa shape index (κ3) is 4.58. The van der Waals surface area contributed by atoms with Gasteiger partial charge >= 0.3 is 0 Å². The zero-order valence-electron chi connectivity index (χ0n) is 16.7. The number of hydrogen-bond acceptors (Lipinski definition) is 7. The van der Waals surface area contributed by atoms with E-state index in [0.29, 0.717) is 5.69 Å². The number of piperidine rings is 1. The Balaban J connectivity index is 1.56. The van der Waals surface area contributed by atoms with Crippen molar-refractivity contribution in [3.8, 4) is 6.07 Å². The molecule has 0 bridgehead atoms. The van der Waals surface area contributed by atoms with Gasteiger partial charge in [0.25, 0.3) is 0 Å². The topological polar surface area (TPSA) is 95.6 Å². The lowest BCUT2D eigenvalue weighted by Gasteiger charge is -2.35. The Morgan fingerprint density at radius 3 is 2.86 bits per heavy atom. The molecule has 1 aliphatic rings. The highest BCUT2D eigenvalue weighted by molar-refractivity contribution is 5.55. The quantitative estimate of drug-likeness (QED) is 0.717. The number of aromatic nitrogens is 5. The van der Waals surface area contributed by atoms with Crippen LogP contribution in [0.15, 0.2) is 36.7 Å². The highest BCUT2D eigenvalue weighted by Gasteiger charge is 2.26. The molecular weight excluding hydrogens is 364 g/mol. The fourth-order valence-electron chi connectivity index (χ4n) is 3.78. The zero-order chi connectivity index (χ0) is 20.2. The van der Waals surface area contributed by atoms with Crippen LogP contribution >= 0.6 is 0 Å². The third-order valence-electron chi connectivity index (χ3n) is 5.10. The molecule has 148 valence electrons. The van der Waals surface area contributed by atoms with Crippen molar-refractivity contribution in [2.75, 3.05) is 11.9 Å². The van der Waals surface area contributed by atoms with Crippen LogP contribution in [-0.2, 0) is 13.6 Å². The minimum Gasteiger partial charge on any atom is -0.339 e. The smallest absolute Gasteiger partial charge is 0.140 e. The Kier molecular flexibility index (Phi) is 5.49. The summed E-state index contributed by atoms with van der Waals surface area (Å²) in [5.74, 6) is 1.47. The Morgan fingerprint density at radius 2 is 2.14 bits per heavy atom. The van der Waals surface area contributed by atoms with E-state index in [9.17, 15) is 0 Å². The number of likely N-dealkylation sites (tertiary alicyclic amines) is 1. The summed E-state index contributed by atoms with van der Waals surface area (Å²) in [7, 11) is 1.95. The van der Waals surface area contributed by atoms with Gasteiger partial charge in [-0.3, -0.25) is 9.58 Å². The molecule has 4 heterocycles. The van der Waals surface area contributed by atoms with Crippen molar-refractivity contribution in [3.63, 3.8) is 0 Å². The molecule has 29 heavy (non-hydrogen) atoms. The molecule has 8 heteroatoms. The maximum atomic E-state index is 8.90. The predicted molar refractivity (Wildman–Crippen MR) is 109 cm³/mol. The molecule has 1 fully saturated rings. The van der Waals surface area contributed by atoms with E-state index in [2.05, 4.69) is 31.3 Å². The van der Waals surface area contributed by atoms with Gasteiger partial charge in [-0.05, 0) is 44.5 Å². The van der Waals surface area contributed by atoms with Crippen LogP contribution in [0.5, 0.6) is 0 Å². The first-order chi connectivity index (χ1) is 14.1. The van der Waals surface area contributed by atoms with E-state index in [4.69, 9.17) is 10.2 Å². The molecule has 1 aliphatic heterocycles. The number of nitrogens with one attached hydrogen (secondary N) is 1. The lowest BCUT2D eigenvalue weighted by Crippen LogP contribution is -2.33. The molecule has 1 N–H and O–H groups in total. The summed E-state index contributed by atoms with van der Waals surface area (Å²) < 4.78 is 1.84. The van der Waals surface area contributed by atoms with Crippen LogP contribution in [0.3, 0.4) is 0 Å². The van der Waals surface area contributed by atoms with Crippen molar-refractivity contribution >= 4 is 11.5 Å². The Labute approximate surface area is 170 Å². The number of pyridine rings is 1. The van der Waals surface area contributed by atoms with Crippen LogP contribution < -0.4 is 5.32 Å². The molecule has 8 nitrogen and oxygen atoms in total. The molecule has 1 saturated heterocycles. The normalized spacial score (nSPS) is 17.1. The molecule has 4 rings (SSSR count). The average molecular weight is 388 g/mol. The van der Waals surface area contributed by atoms with E-state index in [0.717, 1.165) is 48.2 Å². The first-order valence-electron chi connectivity index (χ1n) is 9.82. The Bertz CT molecular complexity index is 1020. The Morgan fingerprint density at radius 1 is 1.24 bits per heavy atom. The maximum Gasteiger partial charge on any atom is 0.140 e. The highest BCUT2D eigenvalue weighted by Crippen LogP contribution is 2.32. The molecule has 3 aromatic heterocycles. The van der Waals surface area contributed by atoms with Gasteiger partial charge in [0.05, 0.1) is 29.3 Å². The minimum absolute atomic E-state index is 0.243. The molecule has 0 spiro atoms. The van der Waals surface area contributed by atoms with E-state index in [1.54, 1.807) is 12.3 Å². The van der Waals surface area contributed by atoms with Gasteiger partial charge in [0.15, 0.2) is 0 Å². The second kappa shape index (κ2) is 8.37. The predicted octanol–water partition coefficient (Wildman–Crippen LogP) is 3.26. The van der Waals surface area contributed by atoms with Gasteiger partial charge in [-0.25, -0.2) is 15.0 Å². The molecule has 0 aliphatic carbocycles. The summed E-state index contributed by atoms with van der Waals surface area (Å²) in [4.78, 5) is 15.8. The number of anilines is 2.